The van der Waals surface area contributed by atoms with Gasteiger partial charge in [-0.1, -0.05) is 0 Å². The second-order valence-electron chi connectivity index (χ2n) is 5.70. The third-order valence-corrected chi connectivity index (χ3v) is 5.60. The number of carbonyl (C=O) groups is 1. The molecular weight excluding hydrogens is 276 g/mol. The van der Waals surface area contributed by atoms with Crippen molar-refractivity contribution in [2.75, 3.05) is 19.0 Å². The van der Waals surface area contributed by atoms with Crippen LogP contribution in [0.15, 0.2) is 0 Å². The molecule has 1 aromatic heterocycles. The molecule has 1 atom stereocenters. The Labute approximate surface area is 122 Å². The number of nitrogens with one attached hydrogen (secondary N) is 1. The largest absolute Gasteiger partial charge is 0.481 e. The number of fused-ring (bicyclic) bond motifs is 1. The van der Waals surface area contributed by atoms with E-state index in [1.165, 1.54) is 6.42 Å². The summed E-state index contributed by atoms with van der Waals surface area (Å²) >= 11 is 1.60. The zero-order valence-electron chi connectivity index (χ0n) is 11.6. The molecule has 2 aliphatic rings. The summed E-state index contributed by atoms with van der Waals surface area (Å²) in [5.74, 6) is -1.18. The summed E-state index contributed by atoms with van der Waals surface area (Å²) in [5.41, 5.74) is 0.731. The van der Waals surface area contributed by atoms with Gasteiger partial charge in [0.1, 0.15) is 5.92 Å². The van der Waals surface area contributed by atoms with Crippen LogP contribution in [0.1, 0.15) is 48.6 Å². The Kier molecular flexibility index (Phi) is 3.69. The second-order valence-corrected chi connectivity index (χ2v) is 6.79. The van der Waals surface area contributed by atoms with Crippen LogP contribution in [-0.4, -0.2) is 35.3 Å². The molecule has 0 aliphatic heterocycles. The van der Waals surface area contributed by atoms with E-state index in [2.05, 4.69) is 10.3 Å². The monoisotopic (exact) mass is 296 g/mol. The van der Waals surface area contributed by atoms with E-state index in [1.54, 1.807) is 18.4 Å². The lowest BCUT2D eigenvalue weighted by molar-refractivity contribution is -0.139. The van der Waals surface area contributed by atoms with Crippen molar-refractivity contribution < 1.29 is 14.6 Å². The van der Waals surface area contributed by atoms with Gasteiger partial charge in [-0.2, -0.15) is 0 Å². The number of carboxylic acids is 1. The van der Waals surface area contributed by atoms with Gasteiger partial charge < -0.3 is 15.2 Å². The number of rotatable bonds is 5. The number of hydrogen-bond acceptors (Lipinski definition) is 5. The summed E-state index contributed by atoms with van der Waals surface area (Å²) < 4.78 is 5.58. The maximum absolute atomic E-state index is 11.3. The van der Waals surface area contributed by atoms with Gasteiger partial charge in [0.05, 0.1) is 11.3 Å². The number of carboxylic acid groups (broad SMARTS) is 1. The van der Waals surface area contributed by atoms with Crippen LogP contribution < -0.4 is 5.32 Å². The first-order valence-corrected chi connectivity index (χ1v) is 7.97. The normalized spacial score (nSPS) is 23.8. The van der Waals surface area contributed by atoms with Gasteiger partial charge in [0.2, 0.25) is 0 Å². The molecule has 0 aromatic carbocycles. The molecule has 3 rings (SSSR count). The van der Waals surface area contributed by atoms with E-state index < -0.39 is 11.9 Å². The molecule has 20 heavy (non-hydrogen) atoms. The smallest absolute Gasteiger partial charge is 0.312 e. The number of aryl methyl sites for hydroxylation is 1. The standard InChI is InChI=1S/C14H20N2O3S/c1-19-14(6-3-7-14)8-15-13-16-11-9(12(17)18)4-2-5-10(11)20-13/h9H,2-8H2,1H3,(H,15,16)(H,17,18). The predicted molar refractivity (Wildman–Crippen MR) is 77.5 cm³/mol. The van der Waals surface area contributed by atoms with Crippen molar-refractivity contribution in [2.45, 2.75) is 50.0 Å². The first-order chi connectivity index (χ1) is 9.63. The van der Waals surface area contributed by atoms with Crippen molar-refractivity contribution in [3.8, 4) is 0 Å². The van der Waals surface area contributed by atoms with Gasteiger partial charge in [-0.05, 0) is 38.5 Å². The minimum absolute atomic E-state index is 0.0433. The first kappa shape index (κ1) is 13.8. The maximum Gasteiger partial charge on any atom is 0.312 e. The van der Waals surface area contributed by atoms with Gasteiger partial charge in [0, 0.05) is 18.5 Å². The average Bonchev–Trinajstić information content (AvgIpc) is 2.80. The van der Waals surface area contributed by atoms with E-state index >= 15 is 0 Å². The van der Waals surface area contributed by atoms with Crippen LogP contribution in [0, 0.1) is 0 Å². The number of hydrogen-bond donors (Lipinski definition) is 2. The van der Waals surface area contributed by atoms with Gasteiger partial charge in [-0.3, -0.25) is 4.79 Å². The van der Waals surface area contributed by atoms with E-state index in [4.69, 9.17) is 4.74 Å². The van der Waals surface area contributed by atoms with E-state index in [0.717, 1.165) is 47.9 Å². The number of anilines is 1. The van der Waals surface area contributed by atoms with Crippen LogP contribution in [-0.2, 0) is 16.0 Å². The molecule has 0 spiro atoms. The van der Waals surface area contributed by atoms with Crippen molar-refractivity contribution in [2.24, 2.45) is 0 Å². The lowest BCUT2D eigenvalue weighted by atomic mass is 9.80. The highest BCUT2D eigenvalue weighted by Crippen LogP contribution is 2.38. The summed E-state index contributed by atoms with van der Waals surface area (Å²) in [7, 11) is 1.76. The number of thiazole rings is 1. The van der Waals surface area contributed by atoms with Gasteiger partial charge in [0.25, 0.3) is 0 Å². The lowest BCUT2D eigenvalue weighted by Crippen LogP contribution is -2.45. The SMILES string of the molecule is COC1(CNc2nc3c(s2)CCCC3C(=O)O)CCC1. The van der Waals surface area contributed by atoms with Crippen LogP contribution in [0.25, 0.3) is 0 Å². The van der Waals surface area contributed by atoms with Crippen molar-refractivity contribution in [3.05, 3.63) is 10.6 Å². The second kappa shape index (κ2) is 5.33. The van der Waals surface area contributed by atoms with Crippen LogP contribution in [0.2, 0.25) is 0 Å². The van der Waals surface area contributed by atoms with Gasteiger partial charge >= 0.3 is 5.97 Å². The summed E-state index contributed by atoms with van der Waals surface area (Å²) in [6, 6.07) is 0. The molecule has 110 valence electrons. The molecule has 1 aromatic rings. The quantitative estimate of drug-likeness (QED) is 0.874. The molecule has 1 saturated carbocycles. The van der Waals surface area contributed by atoms with Crippen LogP contribution in [0.5, 0.6) is 0 Å². The Bertz CT molecular complexity index is 505. The Morgan fingerprint density at radius 1 is 1.55 bits per heavy atom. The van der Waals surface area contributed by atoms with E-state index in [-0.39, 0.29) is 5.60 Å². The number of methoxy groups -OCH3 is 1. The number of ether oxygens (including phenoxy) is 1. The molecule has 2 N–H and O–H groups in total. The summed E-state index contributed by atoms with van der Waals surface area (Å²) in [6.45, 7) is 0.758. The maximum atomic E-state index is 11.3. The first-order valence-electron chi connectivity index (χ1n) is 7.15. The zero-order chi connectivity index (χ0) is 14.2. The molecule has 1 fully saturated rings. The average molecular weight is 296 g/mol. The molecule has 0 amide bonds. The van der Waals surface area contributed by atoms with Crippen molar-refractivity contribution in [1.82, 2.24) is 4.98 Å². The Hall–Kier alpha value is -1.14. The molecule has 5 nitrogen and oxygen atoms in total. The Morgan fingerprint density at radius 2 is 2.35 bits per heavy atom. The fourth-order valence-electron chi connectivity index (χ4n) is 3.00. The number of aromatic nitrogens is 1. The molecule has 0 radical (unpaired) electrons. The number of aliphatic carboxylic acids is 1. The minimum Gasteiger partial charge on any atom is -0.481 e. The highest BCUT2D eigenvalue weighted by atomic mass is 32.1. The zero-order valence-corrected chi connectivity index (χ0v) is 12.5. The van der Waals surface area contributed by atoms with Gasteiger partial charge in [0.15, 0.2) is 5.13 Å². The molecule has 1 heterocycles. The summed E-state index contributed by atoms with van der Waals surface area (Å²) in [4.78, 5) is 16.9. The van der Waals surface area contributed by atoms with Crippen molar-refractivity contribution >= 4 is 22.4 Å². The fourth-order valence-corrected chi connectivity index (χ4v) is 4.06. The van der Waals surface area contributed by atoms with Crippen LogP contribution >= 0.6 is 11.3 Å². The molecule has 1 unspecified atom stereocenters. The topological polar surface area (TPSA) is 71.5 Å². The lowest BCUT2D eigenvalue weighted by Gasteiger charge is -2.40. The Balaban J connectivity index is 1.71. The van der Waals surface area contributed by atoms with E-state index in [9.17, 15) is 9.90 Å². The molecule has 0 bridgehead atoms. The van der Waals surface area contributed by atoms with Crippen molar-refractivity contribution in [3.63, 3.8) is 0 Å². The van der Waals surface area contributed by atoms with Crippen LogP contribution in [0.4, 0.5) is 5.13 Å². The third kappa shape index (κ3) is 2.42. The van der Waals surface area contributed by atoms with Gasteiger partial charge in [-0.25, -0.2) is 4.98 Å². The Morgan fingerprint density at radius 3 is 2.95 bits per heavy atom. The summed E-state index contributed by atoms with van der Waals surface area (Å²) in [6.07, 6.45) is 5.97. The summed E-state index contributed by atoms with van der Waals surface area (Å²) in [5, 5.41) is 13.4. The van der Waals surface area contributed by atoms with Crippen molar-refractivity contribution in [1.29, 1.82) is 0 Å². The minimum atomic E-state index is -0.754. The van der Waals surface area contributed by atoms with Crippen LogP contribution in [0.3, 0.4) is 0 Å². The highest BCUT2D eigenvalue weighted by molar-refractivity contribution is 7.15. The molecule has 6 heteroatoms. The molecule has 0 saturated heterocycles. The predicted octanol–water partition coefficient (Wildman–Crippen LogP) is 2.63. The highest BCUT2D eigenvalue weighted by Gasteiger charge is 2.37. The fraction of sp³-hybridized carbons (Fsp3) is 0.714. The van der Waals surface area contributed by atoms with Gasteiger partial charge in [-0.15, -0.1) is 11.3 Å². The van der Waals surface area contributed by atoms with E-state index in [1.807, 2.05) is 0 Å². The third-order valence-electron chi connectivity index (χ3n) is 4.51. The van der Waals surface area contributed by atoms with E-state index in [0.29, 0.717) is 6.42 Å². The number of nitrogens with zero attached hydrogens (tertiary/aromatic N) is 1. The molecule has 2 aliphatic carbocycles. The molecular formula is C14H20N2O3S.